The monoisotopic (exact) mass is 382 g/mol. The molecular formula is C20H22N4O2S. The first kappa shape index (κ1) is 17.9. The molecule has 6 nitrogen and oxygen atoms in total. The number of carboxylic acid groups (broad SMARTS) is 1. The largest absolute Gasteiger partial charge is 0.477 e. The molecule has 140 valence electrons. The average molecular weight is 382 g/mol. The van der Waals surface area contributed by atoms with E-state index in [1.807, 2.05) is 37.3 Å². The van der Waals surface area contributed by atoms with Crippen molar-refractivity contribution in [2.24, 2.45) is 0 Å². The van der Waals surface area contributed by atoms with Crippen molar-refractivity contribution in [1.82, 2.24) is 14.9 Å². The summed E-state index contributed by atoms with van der Waals surface area (Å²) >= 11 is 1.24. The lowest BCUT2D eigenvalue weighted by molar-refractivity contribution is 0.0701. The Morgan fingerprint density at radius 3 is 2.48 bits per heavy atom. The molecule has 1 N–H and O–H groups in total. The fourth-order valence-electron chi connectivity index (χ4n) is 3.54. The number of piperazine rings is 1. The van der Waals surface area contributed by atoms with Crippen LogP contribution in [-0.2, 0) is 0 Å². The van der Waals surface area contributed by atoms with Crippen LogP contribution in [0, 0.1) is 6.92 Å². The SMILES string of the molecule is CCN1CCN(c2nc(-c3ccccc3)nc3sc(C(=O)O)c(C)c23)CC1. The first-order valence-corrected chi connectivity index (χ1v) is 9.97. The highest BCUT2D eigenvalue weighted by molar-refractivity contribution is 7.20. The molecular weight excluding hydrogens is 360 g/mol. The van der Waals surface area contributed by atoms with Crippen molar-refractivity contribution < 1.29 is 9.90 Å². The zero-order chi connectivity index (χ0) is 19.0. The van der Waals surface area contributed by atoms with Crippen molar-refractivity contribution in [3.63, 3.8) is 0 Å². The Balaban J connectivity index is 1.87. The van der Waals surface area contributed by atoms with Gasteiger partial charge >= 0.3 is 5.97 Å². The molecule has 0 radical (unpaired) electrons. The van der Waals surface area contributed by atoms with Gasteiger partial charge in [-0.2, -0.15) is 0 Å². The van der Waals surface area contributed by atoms with Crippen molar-refractivity contribution in [1.29, 1.82) is 0 Å². The number of anilines is 1. The molecule has 1 aromatic carbocycles. The maximum Gasteiger partial charge on any atom is 0.346 e. The molecule has 0 atom stereocenters. The Morgan fingerprint density at radius 2 is 1.85 bits per heavy atom. The van der Waals surface area contributed by atoms with Crippen LogP contribution in [0.3, 0.4) is 0 Å². The first-order valence-electron chi connectivity index (χ1n) is 9.15. The molecule has 1 saturated heterocycles. The van der Waals surface area contributed by atoms with Gasteiger partial charge in [-0.3, -0.25) is 0 Å². The Morgan fingerprint density at radius 1 is 1.15 bits per heavy atom. The maximum absolute atomic E-state index is 11.7. The summed E-state index contributed by atoms with van der Waals surface area (Å²) in [5.74, 6) is 0.601. The standard InChI is InChI=1S/C20H22N4O2S/c1-3-23-9-11-24(12-10-23)18-15-13(2)16(20(25)26)27-19(15)22-17(21-18)14-7-5-4-6-8-14/h4-8H,3,9-12H2,1-2H3,(H,25,26). The first-order chi connectivity index (χ1) is 13.1. The molecule has 3 aromatic rings. The highest BCUT2D eigenvalue weighted by Gasteiger charge is 2.25. The summed E-state index contributed by atoms with van der Waals surface area (Å²) in [4.78, 5) is 27.0. The van der Waals surface area contributed by atoms with Gasteiger partial charge in [-0.25, -0.2) is 14.8 Å². The summed E-state index contributed by atoms with van der Waals surface area (Å²) in [7, 11) is 0. The molecule has 7 heteroatoms. The third-order valence-corrected chi connectivity index (χ3v) is 6.29. The topological polar surface area (TPSA) is 69.6 Å². The molecule has 0 unspecified atom stereocenters. The van der Waals surface area contributed by atoms with E-state index in [2.05, 4.69) is 16.7 Å². The van der Waals surface area contributed by atoms with Crippen LogP contribution in [0.15, 0.2) is 30.3 Å². The van der Waals surface area contributed by atoms with Crippen LogP contribution in [0.1, 0.15) is 22.2 Å². The normalized spacial score (nSPS) is 15.4. The van der Waals surface area contributed by atoms with Crippen molar-refractivity contribution in [3.8, 4) is 11.4 Å². The number of carboxylic acids is 1. The molecule has 27 heavy (non-hydrogen) atoms. The van der Waals surface area contributed by atoms with Crippen LogP contribution in [0.2, 0.25) is 0 Å². The fraction of sp³-hybridized carbons (Fsp3) is 0.350. The summed E-state index contributed by atoms with van der Waals surface area (Å²) < 4.78 is 0. The molecule has 0 aliphatic carbocycles. The quantitative estimate of drug-likeness (QED) is 0.745. The molecule has 1 aliphatic rings. The van der Waals surface area contributed by atoms with Crippen LogP contribution >= 0.6 is 11.3 Å². The van der Waals surface area contributed by atoms with Crippen molar-refractivity contribution in [2.45, 2.75) is 13.8 Å². The number of nitrogens with zero attached hydrogens (tertiary/aromatic N) is 4. The van der Waals surface area contributed by atoms with E-state index < -0.39 is 5.97 Å². The highest BCUT2D eigenvalue weighted by Crippen LogP contribution is 2.37. The van der Waals surface area contributed by atoms with Gasteiger partial charge in [0, 0.05) is 31.7 Å². The Hall–Kier alpha value is -2.51. The molecule has 2 aromatic heterocycles. The summed E-state index contributed by atoms with van der Waals surface area (Å²) in [6.07, 6.45) is 0. The van der Waals surface area contributed by atoms with Crippen LogP contribution in [0.5, 0.6) is 0 Å². The lowest BCUT2D eigenvalue weighted by Crippen LogP contribution is -2.46. The Bertz CT molecular complexity index is 979. The van der Waals surface area contributed by atoms with Crippen LogP contribution in [-0.4, -0.2) is 58.7 Å². The summed E-state index contributed by atoms with van der Waals surface area (Å²) in [6, 6.07) is 9.86. The van der Waals surface area contributed by atoms with E-state index in [1.165, 1.54) is 11.3 Å². The summed E-state index contributed by atoms with van der Waals surface area (Å²) in [5.41, 5.74) is 1.70. The number of hydrogen-bond donors (Lipinski definition) is 1. The highest BCUT2D eigenvalue weighted by atomic mass is 32.1. The minimum Gasteiger partial charge on any atom is -0.477 e. The third kappa shape index (κ3) is 3.28. The number of fused-ring (bicyclic) bond motifs is 1. The van der Waals surface area contributed by atoms with Gasteiger partial charge in [0.05, 0.1) is 5.39 Å². The zero-order valence-electron chi connectivity index (χ0n) is 15.5. The number of thiophene rings is 1. The van der Waals surface area contributed by atoms with Crippen LogP contribution in [0.25, 0.3) is 21.6 Å². The number of likely N-dealkylation sites (N-methyl/N-ethyl adjacent to an activating group) is 1. The van der Waals surface area contributed by atoms with E-state index in [0.29, 0.717) is 10.7 Å². The van der Waals surface area contributed by atoms with Gasteiger partial charge in [0.1, 0.15) is 15.5 Å². The summed E-state index contributed by atoms with van der Waals surface area (Å²) in [5, 5.41) is 10.4. The zero-order valence-corrected chi connectivity index (χ0v) is 16.3. The Labute approximate surface area is 162 Å². The fourth-order valence-corrected chi connectivity index (χ4v) is 4.56. The minimum atomic E-state index is -0.904. The molecule has 4 rings (SSSR count). The van der Waals surface area contributed by atoms with Gasteiger partial charge in [-0.05, 0) is 19.0 Å². The number of rotatable bonds is 4. The predicted molar refractivity (Wildman–Crippen MR) is 109 cm³/mol. The Kier molecular flexibility index (Phi) is 4.80. The number of aromatic carboxylic acids is 1. The lowest BCUT2D eigenvalue weighted by atomic mass is 10.1. The minimum absolute atomic E-state index is 0.345. The number of carbonyl (C=O) groups is 1. The van der Waals surface area contributed by atoms with Gasteiger partial charge in [0.15, 0.2) is 5.82 Å². The van der Waals surface area contributed by atoms with Crippen LogP contribution < -0.4 is 4.90 Å². The number of benzene rings is 1. The van der Waals surface area contributed by atoms with E-state index in [4.69, 9.17) is 9.97 Å². The smallest absolute Gasteiger partial charge is 0.346 e. The molecule has 3 heterocycles. The predicted octanol–water partition coefficient (Wildman–Crippen LogP) is 3.51. The van der Waals surface area contributed by atoms with E-state index in [0.717, 1.165) is 59.9 Å². The molecule has 0 spiro atoms. The van der Waals surface area contributed by atoms with Gasteiger partial charge < -0.3 is 14.9 Å². The third-order valence-electron chi connectivity index (χ3n) is 5.12. The maximum atomic E-state index is 11.7. The van der Waals surface area contributed by atoms with Crippen molar-refractivity contribution >= 4 is 33.3 Å². The van der Waals surface area contributed by atoms with Gasteiger partial charge in [-0.1, -0.05) is 37.3 Å². The number of aromatic nitrogens is 2. The lowest BCUT2D eigenvalue weighted by Gasteiger charge is -2.35. The van der Waals surface area contributed by atoms with E-state index >= 15 is 0 Å². The number of aryl methyl sites for hydroxylation is 1. The van der Waals surface area contributed by atoms with E-state index in [-0.39, 0.29) is 0 Å². The molecule has 0 saturated carbocycles. The average Bonchev–Trinajstić information content (AvgIpc) is 3.05. The van der Waals surface area contributed by atoms with Gasteiger partial charge in [0.25, 0.3) is 0 Å². The molecule has 0 bridgehead atoms. The van der Waals surface area contributed by atoms with E-state index in [9.17, 15) is 9.90 Å². The van der Waals surface area contributed by atoms with Crippen molar-refractivity contribution in [2.75, 3.05) is 37.6 Å². The second kappa shape index (κ2) is 7.25. The summed E-state index contributed by atoms with van der Waals surface area (Å²) in [6.45, 7) is 8.81. The van der Waals surface area contributed by atoms with Crippen molar-refractivity contribution in [3.05, 3.63) is 40.8 Å². The van der Waals surface area contributed by atoms with Crippen LogP contribution in [0.4, 0.5) is 5.82 Å². The van der Waals surface area contributed by atoms with E-state index in [1.54, 1.807) is 0 Å². The second-order valence-corrected chi connectivity index (χ2v) is 7.70. The van der Waals surface area contributed by atoms with Gasteiger partial charge in [0.2, 0.25) is 0 Å². The molecule has 1 aliphatic heterocycles. The second-order valence-electron chi connectivity index (χ2n) is 6.70. The number of hydrogen-bond acceptors (Lipinski definition) is 6. The molecule has 1 fully saturated rings. The molecule has 0 amide bonds. The van der Waals surface area contributed by atoms with Gasteiger partial charge in [-0.15, -0.1) is 11.3 Å².